The molecule has 2 fully saturated rings. The molecular formula is C22H29NO4. The Hall–Kier alpha value is -2.01. The van der Waals surface area contributed by atoms with E-state index in [0.717, 1.165) is 31.2 Å². The Morgan fingerprint density at radius 1 is 1.41 bits per heavy atom. The number of carbonyl (C=O) groups excluding carboxylic acids is 1. The monoisotopic (exact) mass is 371 g/mol. The minimum atomic E-state index is -0.495. The second-order valence-electron chi connectivity index (χ2n) is 8.55. The first-order valence-electron chi connectivity index (χ1n) is 9.96. The average Bonchev–Trinajstić information content (AvgIpc) is 2.62. The van der Waals surface area contributed by atoms with Crippen molar-refractivity contribution >= 4 is 5.91 Å². The Bertz CT molecular complexity index is 770. The van der Waals surface area contributed by atoms with Crippen LogP contribution in [-0.2, 0) is 9.53 Å². The number of phenols is 1. The van der Waals surface area contributed by atoms with Gasteiger partial charge < -0.3 is 19.9 Å². The molecule has 1 amide bonds. The first-order chi connectivity index (χ1) is 12.9. The Kier molecular flexibility index (Phi) is 4.66. The van der Waals surface area contributed by atoms with Crippen molar-refractivity contribution in [3.05, 3.63) is 35.4 Å². The van der Waals surface area contributed by atoms with Crippen molar-refractivity contribution in [2.24, 2.45) is 11.8 Å². The van der Waals surface area contributed by atoms with E-state index < -0.39 is 5.60 Å². The van der Waals surface area contributed by atoms with Gasteiger partial charge in [-0.05, 0) is 52.5 Å². The summed E-state index contributed by atoms with van der Waals surface area (Å²) in [6.45, 7) is 6.95. The molecule has 3 heterocycles. The van der Waals surface area contributed by atoms with E-state index in [4.69, 9.17) is 9.47 Å². The third-order valence-corrected chi connectivity index (χ3v) is 6.35. The van der Waals surface area contributed by atoms with Gasteiger partial charge in [-0.15, -0.1) is 0 Å². The Morgan fingerprint density at radius 3 is 3.00 bits per heavy atom. The minimum absolute atomic E-state index is 0.0599. The van der Waals surface area contributed by atoms with E-state index in [9.17, 15) is 9.90 Å². The van der Waals surface area contributed by atoms with Crippen molar-refractivity contribution in [1.29, 1.82) is 0 Å². The van der Waals surface area contributed by atoms with Gasteiger partial charge in [-0.3, -0.25) is 4.79 Å². The predicted molar refractivity (Wildman–Crippen MR) is 103 cm³/mol. The molecule has 0 aromatic heterocycles. The number of hydrogen-bond donors (Lipinski definition) is 2. The zero-order valence-electron chi connectivity index (χ0n) is 16.3. The average molecular weight is 371 g/mol. The summed E-state index contributed by atoms with van der Waals surface area (Å²) >= 11 is 0. The Balaban J connectivity index is 1.71. The molecule has 2 N–H and O–H groups in total. The van der Waals surface area contributed by atoms with Crippen LogP contribution in [0.5, 0.6) is 11.5 Å². The quantitative estimate of drug-likeness (QED) is 0.792. The van der Waals surface area contributed by atoms with Gasteiger partial charge in [0.2, 0.25) is 5.91 Å². The molecule has 5 heteroatoms. The fraction of sp³-hybridized carbons (Fsp3) is 0.591. The molecule has 5 nitrogen and oxygen atoms in total. The number of rotatable bonds is 3. The number of fused-ring (bicyclic) bond motifs is 4. The highest BCUT2D eigenvalue weighted by Crippen LogP contribution is 2.55. The van der Waals surface area contributed by atoms with Gasteiger partial charge in [-0.2, -0.15) is 0 Å². The second kappa shape index (κ2) is 6.86. The number of piperidine rings is 1. The van der Waals surface area contributed by atoms with Gasteiger partial charge in [0, 0.05) is 18.0 Å². The molecule has 5 atom stereocenters. The smallest absolute Gasteiger partial charge is 0.225 e. The molecule has 27 heavy (non-hydrogen) atoms. The number of hydrogen-bond acceptors (Lipinski definition) is 4. The zero-order chi connectivity index (χ0) is 19.2. The fourth-order valence-electron chi connectivity index (χ4n) is 4.87. The highest BCUT2D eigenvalue weighted by molar-refractivity contribution is 5.80. The summed E-state index contributed by atoms with van der Waals surface area (Å²) in [6, 6.07) is 5.48. The zero-order valence-corrected chi connectivity index (χ0v) is 16.3. The lowest BCUT2D eigenvalue weighted by atomic mass is 9.68. The van der Waals surface area contributed by atoms with Crippen LogP contribution in [0.4, 0.5) is 0 Å². The molecule has 0 bridgehead atoms. The first kappa shape index (κ1) is 18.4. The SMILES string of the molecule is CC(C)=CCC[C@]1(C)Oc2c(O)cccc2[C@@H]2O[C@@H]3CCNC(=O)[C@@H]3C[C@H]21. The van der Waals surface area contributed by atoms with Crippen molar-refractivity contribution in [3.63, 3.8) is 0 Å². The van der Waals surface area contributed by atoms with E-state index in [1.807, 2.05) is 12.1 Å². The van der Waals surface area contributed by atoms with Gasteiger partial charge in [0.15, 0.2) is 11.5 Å². The Labute approximate surface area is 160 Å². The Morgan fingerprint density at radius 2 is 2.22 bits per heavy atom. The summed E-state index contributed by atoms with van der Waals surface area (Å²) in [6.07, 6.45) is 5.30. The summed E-state index contributed by atoms with van der Waals surface area (Å²) in [5, 5.41) is 13.4. The summed E-state index contributed by atoms with van der Waals surface area (Å²) in [5.74, 6) is 0.745. The van der Waals surface area contributed by atoms with Crippen LogP contribution in [0.15, 0.2) is 29.8 Å². The third-order valence-electron chi connectivity index (χ3n) is 6.35. The van der Waals surface area contributed by atoms with Crippen LogP contribution >= 0.6 is 0 Å². The number of nitrogens with one attached hydrogen (secondary N) is 1. The highest BCUT2D eigenvalue weighted by Gasteiger charge is 2.54. The van der Waals surface area contributed by atoms with Crippen LogP contribution in [0.3, 0.4) is 0 Å². The summed E-state index contributed by atoms with van der Waals surface area (Å²) in [7, 11) is 0. The molecule has 1 aromatic rings. The van der Waals surface area contributed by atoms with Gasteiger partial charge in [-0.25, -0.2) is 0 Å². The lowest BCUT2D eigenvalue weighted by Gasteiger charge is -2.52. The largest absolute Gasteiger partial charge is 0.504 e. The number of amides is 1. The summed E-state index contributed by atoms with van der Waals surface area (Å²) in [4.78, 5) is 12.4. The maximum absolute atomic E-state index is 12.4. The van der Waals surface area contributed by atoms with Crippen LogP contribution in [0.25, 0.3) is 0 Å². The maximum Gasteiger partial charge on any atom is 0.225 e. The van der Waals surface area contributed by atoms with Gasteiger partial charge >= 0.3 is 0 Å². The molecule has 146 valence electrons. The second-order valence-corrected chi connectivity index (χ2v) is 8.55. The van der Waals surface area contributed by atoms with Crippen LogP contribution in [0.1, 0.15) is 58.1 Å². The van der Waals surface area contributed by atoms with Gasteiger partial charge in [0.05, 0.1) is 18.1 Å². The van der Waals surface area contributed by atoms with Gasteiger partial charge in [0.1, 0.15) is 5.60 Å². The van der Waals surface area contributed by atoms with Crippen LogP contribution < -0.4 is 10.1 Å². The molecule has 0 radical (unpaired) electrons. The van der Waals surface area contributed by atoms with E-state index >= 15 is 0 Å². The maximum atomic E-state index is 12.4. The molecular weight excluding hydrogens is 342 g/mol. The molecule has 0 spiro atoms. The van der Waals surface area contributed by atoms with Crippen LogP contribution in [0, 0.1) is 11.8 Å². The molecule has 2 saturated heterocycles. The predicted octanol–water partition coefficient (Wildman–Crippen LogP) is 3.87. The topological polar surface area (TPSA) is 67.8 Å². The molecule has 0 saturated carbocycles. The minimum Gasteiger partial charge on any atom is -0.504 e. The third kappa shape index (κ3) is 3.22. The van der Waals surface area contributed by atoms with Crippen molar-refractivity contribution in [2.75, 3.05) is 6.54 Å². The molecule has 3 aliphatic heterocycles. The van der Waals surface area contributed by atoms with E-state index in [-0.39, 0.29) is 35.7 Å². The van der Waals surface area contributed by atoms with Gasteiger partial charge in [-0.1, -0.05) is 23.8 Å². The highest BCUT2D eigenvalue weighted by atomic mass is 16.5. The van der Waals surface area contributed by atoms with Crippen molar-refractivity contribution in [2.45, 2.75) is 64.3 Å². The van der Waals surface area contributed by atoms with E-state index in [1.54, 1.807) is 6.07 Å². The first-order valence-corrected chi connectivity index (χ1v) is 9.96. The van der Waals surface area contributed by atoms with E-state index in [0.29, 0.717) is 12.3 Å². The van der Waals surface area contributed by atoms with Crippen molar-refractivity contribution in [1.82, 2.24) is 5.32 Å². The number of carbonyl (C=O) groups is 1. The fourth-order valence-corrected chi connectivity index (χ4v) is 4.87. The summed E-state index contributed by atoms with van der Waals surface area (Å²) in [5.41, 5.74) is 1.69. The normalized spacial score (nSPS) is 34.4. The molecule has 1 aromatic carbocycles. The standard InChI is InChI=1S/C22H29NO4/c1-13(2)6-5-10-22(3)16-12-15-18(9-11-23-21(15)25)26-19(16)14-7-4-8-17(24)20(14)27-22/h4,6-8,15-16,18-19,24H,5,9-12H2,1-3H3,(H,23,25)/t15-,16-,18-,19+,22+/m1/s1. The van der Waals surface area contributed by atoms with Gasteiger partial charge in [0.25, 0.3) is 0 Å². The number of phenolic OH excluding ortho intramolecular Hbond substituents is 1. The van der Waals surface area contributed by atoms with Crippen LogP contribution in [0.2, 0.25) is 0 Å². The van der Waals surface area contributed by atoms with E-state index in [2.05, 4.69) is 32.2 Å². The number of ether oxygens (including phenoxy) is 2. The number of para-hydroxylation sites is 1. The lowest BCUT2D eigenvalue weighted by molar-refractivity contribution is -0.189. The van der Waals surface area contributed by atoms with Crippen LogP contribution in [-0.4, -0.2) is 29.3 Å². The van der Waals surface area contributed by atoms with E-state index in [1.165, 1.54) is 5.57 Å². The number of aromatic hydroxyl groups is 1. The van der Waals surface area contributed by atoms with Crippen molar-refractivity contribution in [3.8, 4) is 11.5 Å². The van der Waals surface area contributed by atoms with Crippen molar-refractivity contribution < 1.29 is 19.4 Å². The molecule has 0 unspecified atom stereocenters. The lowest BCUT2D eigenvalue weighted by Crippen LogP contribution is -2.57. The molecule has 0 aliphatic carbocycles. The number of allylic oxidation sites excluding steroid dienone is 2. The molecule has 3 aliphatic rings. The number of benzene rings is 1. The molecule has 4 rings (SSSR count). The summed E-state index contributed by atoms with van der Waals surface area (Å²) < 4.78 is 12.9.